The van der Waals surface area contributed by atoms with Gasteiger partial charge in [-0.3, -0.25) is 24.0 Å². The maximum Gasteiger partial charge on any atom is 0.330 e. The van der Waals surface area contributed by atoms with Crippen molar-refractivity contribution >= 4 is 33.3 Å². The summed E-state index contributed by atoms with van der Waals surface area (Å²) in [7, 11) is 1.48. The van der Waals surface area contributed by atoms with Crippen molar-refractivity contribution in [1.29, 1.82) is 0 Å². The van der Waals surface area contributed by atoms with Crippen LogP contribution >= 0.6 is 15.9 Å². The minimum Gasteiger partial charge on any atom is -0.444 e. The molecule has 0 saturated heterocycles. The first-order valence-electron chi connectivity index (χ1n) is 8.65. The van der Waals surface area contributed by atoms with E-state index in [1.807, 2.05) is 30.3 Å². The van der Waals surface area contributed by atoms with Crippen molar-refractivity contribution in [2.24, 2.45) is 0 Å². The molecular weight excluding hydrogens is 444 g/mol. The normalized spacial score (nSPS) is 10.8. The summed E-state index contributed by atoms with van der Waals surface area (Å²) in [5.41, 5.74) is 5.33. The minimum atomic E-state index is -0.768. The maximum absolute atomic E-state index is 13.2. The number of H-pyrrole nitrogens is 1. The highest BCUT2D eigenvalue weighted by atomic mass is 79.9. The summed E-state index contributed by atoms with van der Waals surface area (Å²) in [5.74, 6) is -0.694. The highest BCUT2D eigenvalue weighted by molar-refractivity contribution is 9.10. The largest absolute Gasteiger partial charge is 0.444 e. The van der Waals surface area contributed by atoms with Gasteiger partial charge in [-0.25, -0.2) is 4.79 Å². The molecule has 1 aromatic carbocycles. The van der Waals surface area contributed by atoms with Crippen LogP contribution in [0.4, 0.5) is 11.5 Å². The van der Waals surface area contributed by atoms with E-state index in [1.54, 1.807) is 6.07 Å². The molecule has 0 unspecified atom stereocenters. The van der Waals surface area contributed by atoms with E-state index in [0.717, 1.165) is 10.1 Å². The van der Waals surface area contributed by atoms with Gasteiger partial charge in [0, 0.05) is 7.11 Å². The van der Waals surface area contributed by atoms with Gasteiger partial charge in [-0.1, -0.05) is 30.3 Å². The van der Waals surface area contributed by atoms with Gasteiger partial charge in [-0.05, 0) is 33.6 Å². The van der Waals surface area contributed by atoms with Crippen LogP contribution in [-0.2, 0) is 17.8 Å². The Labute approximate surface area is 173 Å². The predicted octanol–water partition coefficient (Wildman–Crippen LogP) is 1.97. The lowest BCUT2D eigenvalue weighted by Crippen LogP contribution is -2.41. The zero-order valence-electron chi connectivity index (χ0n) is 15.6. The fourth-order valence-electron chi connectivity index (χ4n) is 2.82. The molecule has 3 aromatic rings. The number of nitrogens with zero attached hydrogens (tertiary/aromatic N) is 2. The molecule has 9 nitrogen and oxygen atoms in total. The molecule has 0 spiro atoms. The van der Waals surface area contributed by atoms with E-state index in [-0.39, 0.29) is 37.0 Å². The molecule has 0 radical (unpaired) electrons. The van der Waals surface area contributed by atoms with Gasteiger partial charge in [0.2, 0.25) is 0 Å². The zero-order chi connectivity index (χ0) is 21.0. The lowest BCUT2D eigenvalue weighted by Gasteiger charge is -2.24. The Morgan fingerprint density at radius 1 is 1.24 bits per heavy atom. The second-order valence-corrected chi connectivity index (χ2v) is 6.90. The molecule has 0 aliphatic carbocycles. The summed E-state index contributed by atoms with van der Waals surface area (Å²) in [4.78, 5) is 41.4. The zero-order valence-corrected chi connectivity index (χ0v) is 17.1. The van der Waals surface area contributed by atoms with Crippen LogP contribution in [0.1, 0.15) is 16.1 Å². The molecule has 152 valence electrons. The molecule has 0 saturated carbocycles. The molecule has 2 heterocycles. The molecule has 0 atom stereocenters. The quantitative estimate of drug-likeness (QED) is 0.552. The van der Waals surface area contributed by atoms with Gasteiger partial charge < -0.3 is 14.9 Å². The Balaban J connectivity index is 2.14. The highest BCUT2D eigenvalue weighted by Gasteiger charge is 2.27. The van der Waals surface area contributed by atoms with Crippen LogP contribution in [0.15, 0.2) is 61.1 Å². The van der Waals surface area contributed by atoms with Crippen molar-refractivity contribution in [1.82, 2.24) is 9.55 Å². The van der Waals surface area contributed by atoms with E-state index in [9.17, 15) is 14.4 Å². The van der Waals surface area contributed by atoms with Crippen molar-refractivity contribution < 1.29 is 13.9 Å². The number of amides is 1. The van der Waals surface area contributed by atoms with E-state index in [2.05, 4.69) is 20.9 Å². The number of hydrogen-bond donors (Lipinski definition) is 2. The number of nitrogens with two attached hydrogens (primary N) is 1. The van der Waals surface area contributed by atoms with Crippen LogP contribution in [0.25, 0.3) is 0 Å². The SMILES string of the molecule is COCCn1c(N)c(N(Cc2ccccc2)C(=O)c2ccc(Br)o2)c(=O)[nH]c1=O. The lowest BCUT2D eigenvalue weighted by atomic mass is 10.2. The molecule has 2 aromatic heterocycles. The predicted molar refractivity (Wildman–Crippen MR) is 111 cm³/mol. The van der Waals surface area contributed by atoms with Crippen LogP contribution < -0.4 is 21.9 Å². The van der Waals surface area contributed by atoms with Crippen LogP contribution in [0.5, 0.6) is 0 Å². The number of aromatic nitrogens is 2. The summed E-state index contributed by atoms with van der Waals surface area (Å²) in [6.07, 6.45) is 0. The van der Waals surface area contributed by atoms with Crippen molar-refractivity contribution in [3.63, 3.8) is 0 Å². The number of carbonyl (C=O) groups excluding carboxylic acids is 1. The van der Waals surface area contributed by atoms with E-state index in [4.69, 9.17) is 14.9 Å². The summed E-state index contributed by atoms with van der Waals surface area (Å²) >= 11 is 3.16. The molecule has 3 N–H and O–H groups in total. The summed E-state index contributed by atoms with van der Waals surface area (Å²) < 4.78 is 11.9. The first-order valence-corrected chi connectivity index (χ1v) is 9.44. The minimum absolute atomic E-state index is 0.0150. The van der Waals surface area contributed by atoms with E-state index < -0.39 is 17.2 Å². The standard InChI is InChI=1S/C19H19BrN4O5/c1-28-10-9-23-16(21)15(17(25)22-19(23)27)24(11-12-5-3-2-4-6-12)18(26)13-7-8-14(20)29-13/h2-8H,9-11,21H2,1H3,(H,22,25,27). The average molecular weight is 463 g/mol. The third-order valence-electron chi connectivity index (χ3n) is 4.22. The third-order valence-corrected chi connectivity index (χ3v) is 4.64. The Morgan fingerprint density at radius 3 is 2.59 bits per heavy atom. The number of carbonyl (C=O) groups is 1. The fraction of sp³-hybridized carbons (Fsp3) is 0.211. The average Bonchev–Trinajstić information content (AvgIpc) is 3.13. The van der Waals surface area contributed by atoms with Gasteiger partial charge in [-0.2, -0.15) is 0 Å². The number of halogens is 1. The van der Waals surface area contributed by atoms with Crippen molar-refractivity contribution in [2.75, 3.05) is 24.4 Å². The van der Waals surface area contributed by atoms with E-state index >= 15 is 0 Å². The van der Waals surface area contributed by atoms with Crippen LogP contribution in [0, 0.1) is 0 Å². The number of benzene rings is 1. The number of hydrogen-bond acceptors (Lipinski definition) is 6. The Bertz CT molecular complexity index is 1120. The number of furan rings is 1. The molecule has 3 rings (SSSR count). The lowest BCUT2D eigenvalue weighted by molar-refractivity contribution is 0.0956. The van der Waals surface area contributed by atoms with Crippen LogP contribution in [0.2, 0.25) is 0 Å². The van der Waals surface area contributed by atoms with Gasteiger partial charge in [0.05, 0.1) is 19.7 Å². The number of anilines is 2. The van der Waals surface area contributed by atoms with Gasteiger partial charge >= 0.3 is 5.69 Å². The molecular formula is C19H19BrN4O5. The number of methoxy groups -OCH3 is 1. The van der Waals surface area contributed by atoms with Crippen molar-refractivity contribution in [2.45, 2.75) is 13.1 Å². The van der Waals surface area contributed by atoms with Gasteiger partial charge in [0.25, 0.3) is 11.5 Å². The van der Waals surface area contributed by atoms with Crippen molar-refractivity contribution in [3.05, 3.63) is 79.3 Å². The Morgan fingerprint density at radius 2 is 1.97 bits per heavy atom. The molecule has 1 amide bonds. The van der Waals surface area contributed by atoms with Gasteiger partial charge in [0.1, 0.15) is 5.82 Å². The Kier molecular flexibility index (Phi) is 6.35. The summed E-state index contributed by atoms with van der Waals surface area (Å²) in [6.45, 7) is 0.367. The summed E-state index contributed by atoms with van der Waals surface area (Å²) in [6, 6.07) is 12.1. The van der Waals surface area contributed by atoms with E-state index in [1.165, 1.54) is 18.1 Å². The highest BCUT2D eigenvalue weighted by Crippen LogP contribution is 2.24. The summed E-state index contributed by atoms with van der Waals surface area (Å²) in [5, 5.41) is 0. The first kappa shape index (κ1) is 20.6. The monoisotopic (exact) mass is 462 g/mol. The number of nitrogen functional groups attached to an aromatic ring is 1. The van der Waals surface area contributed by atoms with Crippen LogP contribution in [-0.4, -0.2) is 29.2 Å². The third kappa shape index (κ3) is 4.49. The van der Waals surface area contributed by atoms with Crippen molar-refractivity contribution in [3.8, 4) is 0 Å². The fourth-order valence-corrected chi connectivity index (χ4v) is 3.13. The Hall–Kier alpha value is -3.11. The molecule has 0 aliphatic rings. The topological polar surface area (TPSA) is 124 Å². The molecule has 0 aliphatic heterocycles. The molecule has 0 bridgehead atoms. The molecule has 10 heteroatoms. The second kappa shape index (κ2) is 8.93. The number of nitrogens with one attached hydrogen (secondary N) is 1. The first-order chi connectivity index (χ1) is 13.9. The van der Waals surface area contributed by atoms with Gasteiger partial charge in [0.15, 0.2) is 16.1 Å². The molecule has 29 heavy (non-hydrogen) atoms. The smallest absolute Gasteiger partial charge is 0.330 e. The number of rotatable bonds is 7. The maximum atomic E-state index is 13.2. The second-order valence-electron chi connectivity index (χ2n) is 6.12. The van der Waals surface area contributed by atoms with Crippen LogP contribution in [0.3, 0.4) is 0 Å². The number of ether oxygens (including phenoxy) is 1. The molecule has 0 fully saturated rings. The van der Waals surface area contributed by atoms with E-state index in [0.29, 0.717) is 4.67 Å². The van der Waals surface area contributed by atoms with Gasteiger partial charge in [-0.15, -0.1) is 0 Å². The number of aromatic amines is 1.